The molecule has 0 fully saturated rings. The number of benzene rings is 2. The van der Waals surface area contributed by atoms with Gasteiger partial charge >= 0.3 is 0 Å². The van der Waals surface area contributed by atoms with E-state index < -0.39 is 0 Å². The lowest BCUT2D eigenvalue weighted by atomic mass is 10.2. The molecule has 1 aliphatic heterocycles. The minimum Gasteiger partial charge on any atom is -0.508 e. The average Bonchev–Trinajstić information content (AvgIpc) is 2.72. The zero-order chi connectivity index (χ0) is 14.7. The third-order valence-electron chi connectivity index (χ3n) is 3.23. The van der Waals surface area contributed by atoms with Crippen LogP contribution in [0.2, 0.25) is 0 Å². The number of rotatable bonds is 3. The Hall–Kier alpha value is -1.88. The zero-order valence-electron chi connectivity index (χ0n) is 11.4. The highest BCUT2D eigenvalue weighted by atomic mass is 79.9. The molecular weight excluding hydrogens is 334 g/mol. The van der Waals surface area contributed by atoms with Gasteiger partial charge < -0.3 is 19.9 Å². The first-order valence-electron chi connectivity index (χ1n) is 6.83. The maximum Gasteiger partial charge on any atom is 0.175 e. The van der Waals surface area contributed by atoms with Crippen molar-refractivity contribution in [1.82, 2.24) is 0 Å². The van der Waals surface area contributed by atoms with Gasteiger partial charge in [-0.25, -0.2) is 0 Å². The van der Waals surface area contributed by atoms with E-state index in [0.717, 1.165) is 33.6 Å². The number of aromatic hydroxyl groups is 1. The molecule has 2 aromatic rings. The monoisotopic (exact) mass is 349 g/mol. The van der Waals surface area contributed by atoms with Gasteiger partial charge in [-0.1, -0.05) is 0 Å². The smallest absolute Gasteiger partial charge is 0.175 e. The summed E-state index contributed by atoms with van der Waals surface area (Å²) in [4.78, 5) is 0. The van der Waals surface area contributed by atoms with Crippen molar-refractivity contribution < 1.29 is 14.6 Å². The van der Waals surface area contributed by atoms with Crippen molar-refractivity contribution in [3.05, 3.63) is 46.4 Å². The maximum absolute atomic E-state index is 9.27. The van der Waals surface area contributed by atoms with Gasteiger partial charge in [-0.2, -0.15) is 0 Å². The fraction of sp³-hybridized carbons (Fsp3) is 0.250. The summed E-state index contributed by atoms with van der Waals surface area (Å²) in [5.74, 6) is 1.82. The minimum atomic E-state index is 0.263. The fourth-order valence-electron chi connectivity index (χ4n) is 2.17. The Morgan fingerprint density at radius 3 is 2.67 bits per heavy atom. The van der Waals surface area contributed by atoms with Crippen molar-refractivity contribution in [2.45, 2.75) is 13.0 Å². The van der Waals surface area contributed by atoms with Crippen LogP contribution in [-0.2, 0) is 6.54 Å². The Bertz CT molecular complexity index is 628. The average molecular weight is 350 g/mol. The van der Waals surface area contributed by atoms with Crippen LogP contribution in [0.4, 0.5) is 5.69 Å². The third-order valence-corrected chi connectivity index (χ3v) is 3.81. The second-order valence-corrected chi connectivity index (χ2v) is 5.71. The van der Waals surface area contributed by atoms with Gasteiger partial charge in [-0.3, -0.25) is 0 Å². The number of hydrogen-bond donors (Lipinski definition) is 2. The van der Waals surface area contributed by atoms with Crippen molar-refractivity contribution >= 4 is 21.6 Å². The van der Waals surface area contributed by atoms with Crippen LogP contribution in [0.3, 0.4) is 0 Å². The molecule has 0 saturated carbocycles. The zero-order valence-corrected chi connectivity index (χ0v) is 13.0. The summed E-state index contributed by atoms with van der Waals surface area (Å²) >= 11 is 3.54. The summed E-state index contributed by atoms with van der Waals surface area (Å²) in [5.41, 5.74) is 2.05. The second-order valence-electron chi connectivity index (χ2n) is 4.86. The predicted octanol–water partition coefficient (Wildman–Crippen LogP) is 3.93. The van der Waals surface area contributed by atoms with Gasteiger partial charge in [0.1, 0.15) is 5.75 Å². The van der Waals surface area contributed by atoms with Crippen molar-refractivity contribution in [2.75, 3.05) is 18.5 Å². The van der Waals surface area contributed by atoms with Crippen molar-refractivity contribution in [3.63, 3.8) is 0 Å². The summed E-state index contributed by atoms with van der Waals surface area (Å²) in [7, 11) is 0. The van der Waals surface area contributed by atoms with Crippen LogP contribution in [-0.4, -0.2) is 18.3 Å². The van der Waals surface area contributed by atoms with Crippen molar-refractivity contribution in [1.29, 1.82) is 0 Å². The molecule has 2 aromatic carbocycles. The molecule has 0 spiro atoms. The van der Waals surface area contributed by atoms with Gasteiger partial charge in [-0.05, 0) is 57.9 Å². The van der Waals surface area contributed by atoms with E-state index in [4.69, 9.17) is 9.47 Å². The van der Waals surface area contributed by atoms with Gasteiger partial charge in [0.05, 0.1) is 17.7 Å². The first kappa shape index (κ1) is 14.1. The molecule has 5 heteroatoms. The van der Waals surface area contributed by atoms with Crippen LogP contribution in [0, 0.1) is 0 Å². The topological polar surface area (TPSA) is 50.7 Å². The van der Waals surface area contributed by atoms with Crippen LogP contribution < -0.4 is 14.8 Å². The Morgan fingerprint density at radius 2 is 1.86 bits per heavy atom. The van der Waals surface area contributed by atoms with Gasteiger partial charge in [0, 0.05) is 18.7 Å². The van der Waals surface area contributed by atoms with Gasteiger partial charge in [0.25, 0.3) is 0 Å². The van der Waals surface area contributed by atoms with E-state index in [1.807, 2.05) is 24.3 Å². The number of ether oxygens (including phenoxy) is 2. The number of phenolic OH excluding ortho intramolecular Hbond substituents is 1. The normalized spacial score (nSPS) is 13.6. The van der Waals surface area contributed by atoms with Gasteiger partial charge in [-0.15, -0.1) is 0 Å². The maximum atomic E-state index is 9.27. The second kappa shape index (κ2) is 6.26. The molecule has 4 nitrogen and oxygen atoms in total. The Labute approximate surface area is 131 Å². The van der Waals surface area contributed by atoms with Crippen LogP contribution >= 0.6 is 15.9 Å². The lowest BCUT2D eigenvalue weighted by Crippen LogP contribution is -2.01. The third kappa shape index (κ3) is 3.42. The van der Waals surface area contributed by atoms with Crippen molar-refractivity contribution in [3.8, 4) is 17.2 Å². The molecule has 0 amide bonds. The highest BCUT2D eigenvalue weighted by molar-refractivity contribution is 9.10. The van der Waals surface area contributed by atoms with Crippen LogP contribution in [0.1, 0.15) is 12.0 Å². The van der Waals surface area contributed by atoms with E-state index in [9.17, 15) is 5.11 Å². The summed E-state index contributed by atoms with van der Waals surface area (Å²) in [6.45, 7) is 2.02. The Morgan fingerprint density at radius 1 is 1.10 bits per heavy atom. The first-order chi connectivity index (χ1) is 10.2. The summed E-state index contributed by atoms with van der Waals surface area (Å²) in [6.07, 6.45) is 0.891. The first-order valence-corrected chi connectivity index (χ1v) is 7.62. The van der Waals surface area contributed by atoms with Gasteiger partial charge in [0.15, 0.2) is 11.5 Å². The number of nitrogens with one attached hydrogen (secondary N) is 1. The molecule has 3 rings (SSSR count). The SMILES string of the molecule is Oc1ccc(NCc2cc(Br)c3c(c2)OCCCO3)cc1. The Kier molecular flexibility index (Phi) is 4.20. The largest absolute Gasteiger partial charge is 0.508 e. The van der Waals surface area contributed by atoms with Gasteiger partial charge in [0.2, 0.25) is 0 Å². The predicted molar refractivity (Wildman–Crippen MR) is 85.2 cm³/mol. The summed E-state index contributed by atoms with van der Waals surface area (Å²) in [6, 6.07) is 11.0. The molecule has 0 aliphatic carbocycles. The number of phenols is 1. The lowest BCUT2D eigenvalue weighted by Gasteiger charge is -2.13. The van der Waals surface area contributed by atoms with Crippen LogP contribution in [0.5, 0.6) is 17.2 Å². The molecule has 1 aliphatic rings. The molecule has 0 unspecified atom stereocenters. The summed E-state index contributed by atoms with van der Waals surface area (Å²) in [5, 5.41) is 12.6. The van der Waals surface area contributed by atoms with E-state index in [1.54, 1.807) is 12.1 Å². The van der Waals surface area contributed by atoms with Crippen LogP contribution in [0.15, 0.2) is 40.9 Å². The molecule has 110 valence electrons. The fourth-order valence-corrected chi connectivity index (χ4v) is 2.77. The Balaban J connectivity index is 1.75. The number of hydrogen-bond acceptors (Lipinski definition) is 4. The summed E-state index contributed by atoms with van der Waals surface area (Å²) < 4.78 is 12.3. The molecule has 21 heavy (non-hydrogen) atoms. The van der Waals surface area contributed by atoms with E-state index in [1.165, 1.54) is 0 Å². The van der Waals surface area contributed by atoms with E-state index >= 15 is 0 Å². The van der Waals surface area contributed by atoms with E-state index in [-0.39, 0.29) is 5.75 Å². The lowest BCUT2D eigenvalue weighted by molar-refractivity contribution is 0.296. The van der Waals surface area contributed by atoms with E-state index in [2.05, 4.69) is 21.2 Å². The molecule has 1 heterocycles. The minimum absolute atomic E-state index is 0.263. The quantitative estimate of drug-likeness (QED) is 0.824. The number of halogens is 1. The highest BCUT2D eigenvalue weighted by Crippen LogP contribution is 2.38. The molecule has 0 bridgehead atoms. The molecule has 2 N–H and O–H groups in total. The van der Waals surface area contributed by atoms with Crippen LogP contribution in [0.25, 0.3) is 0 Å². The number of anilines is 1. The molecule has 0 radical (unpaired) electrons. The molecule has 0 saturated heterocycles. The highest BCUT2D eigenvalue weighted by Gasteiger charge is 2.15. The standard InChI is InChI=1S/C16H16BrNO3/c17-14-8-11(9-15-16(14)21-7-1-6-20-15)10-18-12-2-4-13(19)5-3-12/h2-5,8-9,18-19H,1,6-7,10H2. The van der Waals surface area contributed by atoms with E-state index in [0.29, 0.717) is 19.8 Å². The number of fused-ring (bicyclic) bond motifs is 1. The molecular formula is C16H16BrNO3. The molecule has 0 aromatic heterocycles. The van der Waals surface area contributed by atoms with Crippen molar-refractivity contribution in [2.24, 2.45) is 0 Å². The molecule has 0 atom stereocenters.